The number of anilines is 4. The van der Waals surface area contributed by atoms with Crippen LogP contribution in [0.1, 0.15) is 92.2 Å². The minimum atomic E-state index is -0.849. The van der Waals surface area contributed by atoms with E-state index >= 15 is 0 Å². The van der Waals surface area contributed by atoms with E-state index in [1.165, 1.54) is 26.9 Å². The number of methoxy groups -OCH3 is 2. The Labute approximate surface area is 480 Å². The van der Waals surface area contributed by atoms with E-state index in [0.29, 0.717) is 108 Å². The molecule has 8 N–H and O–H groups in total. The maximum absolute atomic E-state index is 14.1. The predicted molar refractivity (Wildman–Crippen MR) is 314 cm³/mol. The van der Waals surface area contributed by atoms with Gasteiger partial charge in [0.2, 0.25) is 35.4 Å². The fourth-order valence-corrected chi connectivity index (χ4v) is 9.59. The summed E-state index contributed by atoms with van der Waals surface area (Å²) in [6.07, 6.45) is 5.08. The van der Waals surface area contributed by atoms with Gasteiger partial charge < -0.3 is 61.8 Å². The number of hydrogen-bond acceptors (Lipinski definition) is 16. The van der Waals surface area contributed by atoms with Crippen LogP contribution in [0.15, 0.2) is 61.2 Å². The number of nitrogens with one attached hydrogen (secondary N) is 8. The van der Waals surface area contributed by atoms with Crippen LogP contribution in [0.25, 0.3) is 21.8 Å². The average Bonchev–Trinajstić information content (AvgIpc) is 4.14. The summed E-state index contributed by atoms with van der Waals surface area (Å²) in [5.74, 6) is -0.141. The zero-order chi connectivity index (χ0) is 56.6. The lowest BCUT2D eigenvalue weighted by atomic mass is 9.85. The molecule has 5 aromatic rings. The number of hydrogen-bond donors (Lipinski definition) is 8. The van der Waals surface area contributed by atoms with E-state index in [0.717, 1.165) is 11.1 Å². The van der Waals surface area contributed by atoms with E-state index in [1.807, 2.05) is 65.8 Å². The number of fused-ring (bicyclic) bond motifs is 2. The smallest absolute Gasteiger partial charge is 0.247 e. The van der Waals surface area contributed by atoms with Gasteiger partial charge in [-0.1, -0.05) is 65.8 Å². The lowest BCUT2D eigenvalue weighted by Crippen LogP contribution is -2.59. The summed E-state index contributed by atoms with van der Waals surface area (Å²) in [7, 11) is 6.37. The Bertz CT molecular complexity index is 2830. The predicted octanol–water partition coefficient (Wildman–Crippen LogP) is 5.79. The minimum absolute atomic E-state index is 0. The number of halogens is 2. The lowest BCUT2D eigenvalue weighted by molar-refractivity contribution is -0.143. The molecule has 0 radical (unpaired) electrons. The summed E-state index contributed by atoms with van der Waals surface area (Å²) in [5.41, 5.74) is 2.66. The second-order valence-corrected chi connectivity index (χ2v) is 22.1. The third kappa shape index (κ3) is 14.8. The zero-order valence-electron chi connectivity index (χ0n) is 47.7. The van der Waals surface area contributed by atoms with Gasteiger partial charge in [-0.2, -0.15) is 0 Å². The Morgan fingerprint density at radius 3 is 1.27 bits per heavy atom. The minimum Gasteiger partial charge on any atom is -0.494 e. The second-order valence-electron chi connectivity index (χ2n) is 22.1. The van der Waals surface area contributed by atoms with Crippen molar-refractivity contribution in [3.8, 4) is 11.5 Å². The van der Waals surface area contributed by atoms with Gasteiger partial charge in [-0.05, 0) is 87.7 Å². The van der Waals surface area contributed by atoms with Gasteiger partial charge in [0.1, 0.15) is 60.0 Å². The summed E-state index contributed by atoms with van der Waals surface area (Å²) >= 11 is 0. The standard InChI is InChI=1S/C56H76N14O8.2ClH/c1-31(57-9)49(71)67-45(55(3,4)5)53(75)69-21-13-15-41(69)51(73)65-39-23-35-37(25-43(39)77-11)61-29-63-47(35)59-27-33-17-19-34(20-18-33)28-60-48-36-24-40(44(78-12)26-38(36)62-30-64-48)66-52(74)42-16-14-22-70(42)54(76)46(56(6,7)8)68-50(72)32(2)58-10;;/h17-20,23-26,29-32,41-42,45-46,57-58H,13-16,21-22,27-28H2,1-12H3,(H,65,73)(H,66,74)(H,67,71)(H,68,72)(H,59,61,63)(H,60,62,64);2*1H/t31-,32-,41+,42+,45-,46-;;/m1../s1. The fourth-order valence-electron chi connectivity index (χ4n) is 9.59. The molecule has 3 aromatic carbocycles. The molecule has 0 unspecified atom stereocenters. The number of aromatic nitrogens is 4. The topological polar surface area (TPSA) is 275 Å². The van der Waals surface area contributed by atoms with E-state index in [9.17, 15) is 28.8 Å². The maximum atomic E-state index is 14.1. The summed E-state index contributed by atoms with van der Waals surface area (Å²) < 4.78 is 11.4. The van der Waals surface area contributed by atoms with Crippen LogP contribution >= 0.6 is 24.8 Å². The monoisotopic (exact) mass is 1140 g/mol. The first kappa shape index (κ1) is 63.7. The Hall–Kier alpha value is -7.14. The van der Waals surface area contributed by atoms with Gasteiger partial charge in [0.05, 0.1) is 48.7 Å². The van der Waals surface area contributed by atoms with Crippen molar-refractivity contribution in [2.75, 3.05) is 62.7 Å². The Kier molecular flexibility index (Phi) is 21.8. The van der Waals surface area contributed by atoms with Crippen LogP contribution in [0, 0.1) is 10.8 Å². The van der Waals surface area contributed by atoms with E-state index in [4.69, 9.17) is 9.47 Å². The van der Waals surface area contributed by atoms with Crippen LogP contribution in [0.2, 0.25) is 0 Å². The van der Waals surface area contributed by atoms with Crippen molar-refractivity contribution in [1.82, 2.24) is 51.0 Å². The largest absolute Gasteiger partial charge is 0.494 e. The first-order valence-electron chi connectivity index (χ1n) is 26.5. The molecule has 2 saturated heterocycles. The van der Waals surface area contributed by atoms with Crippen LogP contribution in [0.5, 0.6) is 11.5 Å². The van der Waals surface area contributed by atoms with Gasteiger partial charge in [0, 0.05) is 49.1 Å². The van der Waals surface area contributed by atoms with E-state index in [-0.39, 0.29) is 60.3 Å². The number of benzene rings is 3. The van der Waals surface area contributed by atoms with Gasteiger partial charge in [-0.25, -0.2) is 19.9 Å². The SMILES string of the molecule is CN[C@H](C)C(=O)N[C@H](C(=O)N1CCC[C@H]1C(=O)Nc1cc2c(NCc3ccc(CNc4ncnc5cc(OC)c(NC(=O)[C@@H]6CCCN6C(=O)[C@@H](NC(=O)[C@@H](C)NC)C(C)(C)C)cc45)cc3)ncnc2cc1OC)C(C)(C)C.Cl.Cl. The molecule has 22 nitrogen and oxygen atoms in total. The molecule has 2 aromatic heterocycles. The molecule has 0 saturated carbocycles. The number of ether oxygens (including phenoxy) is 2. The molecule has 7 rings (SSSR count). The molecule has 80 heavy (non-hydrogen) atoms. The van der Waals surface area contributed by atoms with Gasteiger partial charge in [-0.15, -0.1) is 24.8 Å². The third-order valence-electron chi connectivity index (χ3n) is 14.5. The van der Waals surface area contributed by atoms with Crippen molar-refractivity contribution in [3.63, 3.8) is 0 Å². The highest BCUT2D eigenvalue weighted by molar-refractivity contribution is 6.04. The fraction of sp³-hybridized carbons (Fsp3) is 0.500. The first-order valence-corrected chi connectivity index (χ1v) is 26.5. The number of carbonyl (C=O) groups excluding carboxylic acids is 6. The van der Waals surface area contributed by atoms with E-state index < -0.39 is 47.1 Å². The Balaban J connectivity index is 0.00000588. The van der Waals surface area contributed by atoms with Crippen molar-refractivity contribution >= 4 is 105 Å². The summed E-state index contributed by atoms with van der Waals surface area (Å²) in [6.45, 7) is 16.3. The first-order chi connectivity index (χ1) is 37.1. The molecule has 0 bridgehead atoms. The molecule has 2 fully saturated rings. The molecule has 2 aliphatic rings. The van der Waals surface area contributed by atoms with Crippen molar-refractivity contribution in [2.45, 2.75) is 130 Å². The Morgan fingerprint density at radius 2 is 0.950 bits per heavy atom. The number of nitrogens with zero attached hydrogens (tertiary/aromatic N) is 6. The van der Waals surface area contributed by atoms with Crippen LogP contribution in [0.4, 0.5) is 23.0 Å². The maximum Gasteiger partial charge on any atom is 0.247 e. The number of likely N-dealkylation sites (N-methyl/N-ethyl adjacent to an activating group) is 2. The normalized spacial score (nSPS) is 16.8. The lowest BCUT2D eigenvalue weighted by Gasteiger charge is -2.36. The zero-order valence-corrected chi connectivity index (χ0v) is 49.3. The third-order valence-corrected chi connectivity index (χ3v) is 14.5. The Morgan fingerprint density at radius 1 is 0.588 bits per heavy atom. The molecule has 6 amide bonds. The van der Waals surface area contributed by atoms with Crippen LogP contribution in [0.3, 0.4) is 0 Å². The highest BCUT2D eigenvalue weighted by atomic mass is 35.5. The van der Waals surface area contributed by atoms with Gasteiger partial charge >= 0.3 is 0 Å². The van der Waals surface area contributed by atoms with E-state index in [1.54, 1.807) is 62.0 Å². The molecule has 0 spiro atoms. The quantitative estimate of drug-likeness (QED) is 0.0458. The molecule has 6 atom stereocenters. The van der Waals surface area contributed by atoms with Gasteiger partial charge in [-0.3, -0.25) is 28.8 Å². The molecule has 0 aliphatic carbocycles. The molecule has 4 heterocycles. The van der Waals surface area contributed by atoms with Crippen LogP contribution in [-0.4, -0.2) is 143 Å². The molecule has 434 valence electrons. The number of amides is 6. The summed E-state index contributed by atoms with van der Waals surface area (Å²) in [4.78, 5) is 103. The number of carbonyl (C=O) groups is 6. The highest BCUT2D eigenvalue weighted by Crippen LogP contribution is 2.36. The van der Waals surface area contributed by atoms with Gasteiger partial charge in [0.25, 0.3) is 0 Å². The van der Waals surface area contributed by atoms with Crippen molar-refractivity contribution in [1.29, 1.82) is 0 Å². The van der Waals surface area contributed by atoms with E-state index in [2.05, 4.69) is 62.5 Å². The van der Waals surface area contributed by atoms with Crippen molar-refractivity contribution in [2.24, 2.45) is 10.8 Å². The molecule has 24 heteroatoms. The molecular formula is C56H78Cl2N14O8. The molecular weight excluding hydrogens is 1070 g/mol. The second kappa shape index (κ2) is 27.3. The summed E-state index contributed by atoms with van der Waals surface area (Å²) in [5, 5.41) is 25.8. The van der Waals surface area contributed by atoms with Crippen LogP contribution in [-0.2, 0) is 41.9 Å². The summed E-state index contributed by atoms with van der Waals surface area (Å²) in [6, 6.07) is 10.7. The number of rotatable bonds is 20. The van der Waals surface area contributed by atoms with Crippen LogP contribution < -0.4 is 52.0 Å². The molecule has 2 aliphatic heterocycles. The average molecular weight is 1150 g/mol. The van der Waals surface area contributed by atoms with Crippen molar-refractivity contribution < 1.29 is 38.2 Å². The highest BCUT2D eigenvalue weighted by Gasteiger charge is 2.44. The van der Waals surface area contributed by atoms with Gasteiger partial charge in [0.15, 0.2) is 0 Å². The number of likely N-dealkylation sites (tertiary alicyclic amines) is 2. The van der Waals surface area contributed by atoms with Crippen molar-refractivity contribution in [3.05, 3.63) is 72.3 Å².